The molecule has 0 saturated carbocycles. The Bertz CT molecular complexity index is 1050. The Hall–Kier alpha value is -1.27. The fraction of sp³-hybridized carbons (Fsp3) is 0.562. The zero-order valence-corrected chi connectivity index (χ0v) is 18.3. The lowest BCUT2D eigenvalue weighted by Gasteiger charge is -2.21. The van der Waals surface area contributed by atoms with Crippen LogP contribution in [0, 0.1) is 20.8 Å². The number of aryl methyl sites for hydroxylation is 3. The molecule has 0 N–H and O–H groups in total. The normalized spacial score (nSPS) is 17.9. The number of nitrogens with zero attached hydrogens (tertiary/aromatic N) is 4. The molecule has 0 bridgehead atoms. The zero-order valence-electron chi connectivity index (χ0n) is 15.8. The Morgan fingerprint density at radius 2 is 1.52 bits per heavy atom. The Morgan fingerprint density at radius 1 is 0.926 bits per heavy atom. The van der Waals surface area contributed by atoms with Crippen LogP contribution in [0.15, 0.2) is 21.2 Å². The highest BCUT2D eigenvalue weighted by atomic mass is 32.2. The molecule has 3 rings (SSSR count). The molecule has 0 aromatic carbocycles. The minimum absolute atomic E-state index is 0.125. The molecule has 150 valence electrons. The van der Waals surface area contributed by atoms with E-state index >= 15 is 0 Å². The van der Waals surface area contributed by atoms with Gasteiger partial charge in [0.25, 0.3) is 10.0 Å². The lowest BCUT2D eigenvalue weighted by atomic mass is 10.4. The van der Waals surface area contributed by atoms with Gasteiger partial charge in [-0.25, -0.2) is 16.8 Å². The first-order chi connectivity index (χ1) is 12.5. The van der Waals surface area contributed by atoms with Gasteiger partial charge in [0.15, 0.2) is 0 Å². The molecule has 0 spiro atoms. The highest BCUT2D eigenvalue weighted by Gasteiger charge is 2.34. The minimum atomic E-state index is -3.72. The van der Waals surface area contributed by atoms with E-state index in [0.717, 1.165) is 4.88 Å². The SMILES string of the molecule is Cc1ccc(S(=O)(=O)N2CCCN(S(=O)(=O)c3c(C)nn(C)c3C)CC2)s1. The van der Waals surface area contributed by atoms with Crippen molar-refractivity contribution in [3.05, 3.63) is 28.4 Å². The summed E-state index contributed by atoms with van der Waals surface area (Å²) in [6.07, 6.45) is 0.446. The van der Waals surface area contributed by atoms with Crippen LogP contribution in [0.2, 0.25) is 0 Å². The van der Waals surface area contributed by atoms with Crippen LogP contribution in [0.3, 0.4) is 0 Å². The first-order valence-corrected chi connectivity index (χ1v) is 12.3. The maximum Gasteiger partial charge on any atom is 0.252 e. The molecule has 1 fully saturated rings. The van der Waals surface area contributed by atoms with Gasteiger partial charge in [-0.05, 0) is 39.3 Å². The third-order valence-electron chi connectivity index (χ3n) is 4.76. The molecule has 0 radical (unpaired) electrons. The van der Waals surface area contributed by atoms with Gasteiger partial charge in [-0.3, -0.25) is 4.68 Å². The summed E-state index contributed by atoms with van der Waals surface area (Å²) in [5.41, 5.74) is 1.04. The Balaban J connectivity index is 1.84. The van der Waals surface area contributed by atoms with Crippen LogP contribution >= 0.6 is 11.3 Å². The van der Waals surface area contributed by atoms with E-state index in [2.05, 4.69) is 5.10 Å². The van der Waals surface area contributed by atoms with Gasteiger partial charge in [0.1, 0.15) is 9.10 Å². The molecule has 2 aromatic heterocycles. The predicted octanol–water partition coefficient (Wildman–Crippen LogP) is 1.49. The quantitative estimate of drug-likeness (QED) is 0.730. The Morgan fingerprint density at radius 3 is 2.00 bits per heavy atom. The van der Waals surface area contributed by atoms with Gasteiger partial charge >= 0.3 is 0 Å². The number of rotatable bonds is 4. The fourth-order valence-electron chi connectivity index (χ4n) is 3.29. The molecule has 27 heavy (non-hydrogen) atoms. The van der Waals surface area contributed by atoms with Crippen LogP contribution in [0.1, 0.15) is 22.7 Å². The van der Waals surface area contributed by atoms with Gasteiger partial charge in [-0.15, -0.1) is 11.3 Å². The molecule has 0 atom stereocenters. The molecular weight excluding hydrogens is 408 g/mol. The minimum Gasteiger partial charge on any atom is -0.271 e. The third-order valence-corrected chi connectivity index (χ3v) is 10.3. The number of aromatic nitrogens is 2. The molecule has 8 nitrogen and oxygen atoms in total. The monoisotopic (exact) mass is 432 g/mol. The molecule has 0 aliphatic carbocycles. The Kier molecular flexibility index (Phi) is 5.52. The molecule has 2 aromatic rings. The van der Waals surface area contributed by atoms with Gasteiger partial charge in [0.2, 0.25) is 10.0 Å². The third kappa shape index (κ3) is 3.70. The van der Waals surface area contributed by atoms with E-state index in [9.17, 15) is 16.8 Å². The molecule has 0 unspecified atom stereocenters. The van der Waals surface area contributed by atoms with E-state index in [0.29, 0.717) is 28.6 Å². The summed E-state index contributed by atoms with van der Waals surface area (Å²) in [5, 5.41) is 4.20. The maximum absolute atomic E-state index is 13.1. The van der Waals surface area contributed by atoms with Gasteiger partial charge in [0.05, 0.1) is 11.4 Å². The topological polar surface area (TPSA) is 92.6 Å². The molecule has 1 saturated heterocycles. The summed E-state index contributed by atoms with van der Waals surface area (Å²) in [6, 6.07) is 3.39. The van der Waals surface area contributed by atoms with Crippen LogP contribution in [0.25, 0.3) is 0 Å². The highest BCUT2D eigenvalue weighted by molar-refractivity contribution is 7.91. The maximum atomic E-state index is 13.1. The highest BCUT2D eigenvalue weighted by Crippen LogP contribution is 2.27. The van der Waals surface area contributed by atoms with Gasteiger partial charge in [0, 0.05) is 38.1 Å². The van der Waals surface area contributed by atoms with Crippen molar-refractivity contribution in [1.29, 1.82) is 0 Å². The van der Waals surface area contributed by atoms with E-state index in [1.54, 1.807) is 37.7 Å². The first kappa shape index (κ1) is 20.5. The molecule has 11 heteroatoms. The number of thiophene rings is 1. The van der Waals surface area contributed by atoms with Gasteiger partial charge in [-0.2, -0.15) is 13.7 Å². The predicted molar refractivity (Wildman–Crippen MR) is 104 cm³/mol. The van der Waals surface area contributed by atoms with E-state index in [4.69, 9.17) is 0 Å². The van der Waals surface area contributed by atoms with Crippen molar-refractivity contribution in [3.8, 4) is 0 Å². The second kappa shape index (κ2) is 7.28. The second-order valence-electron chi connectivity index (χ2n) is 6.65. The number of hydrogen-bond donors (Lipinski definition) is 0. The van der Waals surface area contributed by atoms with Crippen molar-refractivity contribution in [3.63, 3.8) is 0 Å². The van der Waals surface area contributed by atoms with Crippen molar-refractivity contribution in [1.82, 2.24) is 18.4 Å². The summed E-state index contributed by atoms with van der Waals surface area (Å²) in [4.78, 5) is 1.14. The zero-order chi connectivity index (χ0) is 20.0. The smallest absolute Gasteiger partial charge is 0.252 e. The van der Waals surface area contributed by atoms with E-state index in [-0.39, 0.29) is 24.5 Å². The summed E-state index contributed by atoms with van der Waals surface area (Å²) < 4.78 is 56.6. The largest absolute Gasteiger partial charge is 0.271 e. The summed E-state index contributed by atoms with van der Waals surface area (Å²) >= 11 is 1.23. The van der Waals surface area contributed by atoms with Gasteiger partial charge in [-0.1, -0.05) is 0 Å². The molecule has 0 amide bonds. The summed E-state index contributed by atoms with van der Waals surface area (Å²) in [7, 11) is -5.61. The lowest BCUT2D eigenvalue weighted by Crippen LogP contribution is -2.37. The van der Waals surface area contributed by atoms with Crippen LogP contribution in [-0.4, -0.2) is 61.4 Å². The number of sulfonamides is 2. The number of hydrogen-bond acceptors (Lipinski definition) is 6. The van der Waals surface area contributed by atoms with E-state index < -0.39 is 20.0 Å². The second-order valence-corrected chi connectivity index (χ2v) is 12.0. The summed E-state index contributed by atoms with van der Waals surface area (Å²) in [5.74, 6) is 0. The van der Waals surface area contributed by atoms with Crippen LogP contribution in [0.5, 0.6) is 0 Å². The van der Waals surface area contributed by atoms with E-state index in [1.807, 2.05) is 6.92 Å². The van der Waals surface area contributed by atoms with Crippen molar-refractivity contribution in [2.75, 3.05) is 26.2 Å². The standard InChI is InChI=1S/C16H24N4O4S3/c1-12-6-7-15(25-12)26(21,22)19-8-5-9-20(11-10-19)27(23,24)16-13(2)17-18(4)14(16)3/h6-7H,5,8-11H2,1-4H3. The van der Waals surface area contributed by atoms with Crippen LogP contribution in [0.4, 0.5) is 0 Å². The van der Waals surface area contributed by atoms with Crippen LogP contribution in [-0.2, 0) is 27.1 Å². The van der Waals surface area contributed by atoms with Crippen molar-refractivity contribution < 1.29 is 16.8 Å². The average Bonchev–Trinajstić information content (AvgIpc) is 3.00. The van der Waals surface area contributed by atoms with E-state index in [1.165, 1.54) is 19.9 Å². The first-order valence-electron chi connectivity index (χ1n) is 8.62. The molecular formula is C16H24N4O4S3. The average molecular weight is 433 g/mol. The summed E-state index contributed by atoms with van der Waals surface area (Å²) in [6.45, 7) is 6.10. The van der Waals surface area contributed by atoms with Crippen LogP contribution < -0.4 is 0 Å². The Labute approximate surface area is 164 Å². The fourth-order valence-corrected chi connectivity index (χ4v) is 8.06. The van der Waals surface area contributed by atoms with Crippen molar-refractivity contribution in [2.45, 2.75) is 36.3 Å². The van der Waals surface area contributed by atoms with Crippen molar-refractivity contribution >= 4 is 31.4 Å². The van der Waals surface area contributed by atoms with Gasteiger partial charge < -0.3 is 0 Å². The lowest BCUT2D eigenvalue weighted by molar-refractivity contribution is 0.405. The van der Waals surface area contributed by atoms with Crippen molar-refractivity contribution in [2.24, 2.45) is 7.05 Å². The molecule has 3 heterocycles. The molecule has 1 aliphatic rings. The molecule has 1 aliphatic heterocycles.